The Kier molecular flexibility index (Phi) is 3.88. The third-order valence-corrected chi connectivity index (χ3v) is 4.85. The Labute approximate surface area is 139 Å². The summed E-state index contributed by atoms with van der Waals surface area (Å²) in [5, 5.41) is 0. The molecule has 6 heteroatoms. The topological polar surface area (TPSA) is 55.3 Å². The Morgan fingerprint density at radius 1 is 1.17 bits per heavy atom. The van der Waals surface area contributed by atoms with Gasteiger partial charge >= 0.3 is 0 Å². The highest BCUT2D eigenvalue weighted by Crippen LogP contribution is 2.38. The molecule has 24 heavy (non-hydrogen) atoms. The van der Waals surface area contributed by atoms with Gasteiger partial charge in [-0.2, -0.15) is 0 Å². The van der Waals surface area contributed by atoms with Gasteiger partial charge in [-0.1, -0.05) is 6.07 Å². The minimum Gasteiger partial charge on any atom is -0.474 e. The SMILES string of the molecule is O=C(c1ccncc1F)N1C2CCC1CC(Oc1ccccn1)C2. The van der Waals surface area contributed by atoms with Crippen LogP contribution in [0.15, 0.2) is 42.9 Å². The molecule has 0 saturated carbocycles. The van der Waals surface area contributed by atoms with Crippen LogP contribution in [-0.4, -0.2) is 39.0 Å². The van der Waals surface area contributed by atoms with Gasteiger partial charge in [-0.3, -0.25) is 9.78 Å². The smallest absolute Gasteiger partial charge is 0.257 e. The first-order chi connectivity index (χ1) is 11.7. The molecule has 2 atom stereocenters. The minimum atomic E-state index is -0.561. The van der Waals surface area contributed by atoms with E-state index in [1.165, 1.54) is 12.3 Å². The van der Waals surface area contributed by atoms with Crippen LogP contribution in [0, 0.1) is 5.82 Å². The summed E-state index contributed by atoms with van der Waals surface area (Å²) in [4.78, 5) is 22.5. The van der Waals surface area contributed by atoms with Gasteiger partial charge in [-0.15, -0.1) is 0 Å². The summed E-state index contributed by atoms with van der Waals surface area (Å²) in [7, 11) is 0. The third kappa shape index (κ3) is 2.72. The molecule has 2 aliphatic rings. The summed E-state index contributed by atoms with van der Waals surface area (Å²) in [6.07, 6.45) is 7.67. The molecule has 2 unspecified atom stereocenters. The Hall–Kier alpha value is -2.50. The first-order valence-corrected chi connectivity index (χ1v) is 8.22. The number of nitrogens with zero attached hydrogens (tertiary/aromatic N) is 3. The van der Waals surface area contributed by atoms with Crippen LogP contribution in [0.25, 0.3) is 0 Å². The molecule has 0 aromatic carbocycles. The fraction of sp³-hybridized carbons (Fsp3) is 0.389. The first-order valence-electron chi connectivity index (χ1n) is 8.22. The number of hydrogen-bond acceptors (Lipinski definition) is 4. The Morgan fingerprint density at radius 2 is 1.96 bits per heavy atom. The number of halogens is 1. The molecule has 2 aromatic rings. The van der Waals surface area contributed by atoms with Crippen LogP contribution in [0.4, 0.5) is 4.39 Å². The monoisotopic (exact) mass is 327 g/mol. The van der Waals surface area contributed by atoms with Crippen LogP contribution in [0.5, 0.6) is 5.88 Å². The van der Waals surface area contributed by atoms with Crippen LogP contribution >= 0.6 is 0 Å². The van der Waals surface area contributed by atoms with E-state index in [0.717, 1.165) is 31.9 Å². The van der Waals surface area contributed by atoms with Crippen molar-refractivity contribution in [3.63, 3.8) is 0 Å². The maximum absolute atomic E-state index is 13.9. The number of carbonyl (C=O) groups is 1. The summed E-state index contributed by atoms with van der Waals surface area (Å²) in [5.41, 5.74) is 0.103. The first kappa shape index (κ1) is 15.1. The van der Waals surface area contributed by atoms with Crippen molar-refractivity contribution in [2.75, 3.05) is 0 Å². The highest BCUT2D eigenvalue weighted by atomic mass is 19.1. The lowest BCUT2D eigenvalue weighted by atomic mass is 9.98. The molecule has 2 fully saturated rings. The van der Waals surface area contributed by atoms with E-state index in [4.69, 9.17) is 4.74 Å². The molecule has 0 spiro atoms. The average molecular weight is 327 g/mol. The van der Waals surface area contributed by atoms with E-state index in [-0.39, 0.29) is 29.7 Å². The molecule has 2 bridgehead atoms. The molecule has 5 nitrogen and oxygen atoms in total. The second-order valence-electron chi connectivity index (χ2n) is 6.33. The van der Waals surface area contributed by atoms with E-state index < -0.39 is 5.82 Å². The molecule has 124 valence electrons. The van der Waals surface area contributed by atoms with Crippen molar-refractivity contribution >= 4 is 5.91 Å². The lowest BCUT2D eigenvalue weighted by Crippen LogP contribution is -2.49. The van der Waals surface area contributed by atoms with Crippen molar-refractivity contribution in [1.29, 1.82) is 0 Å². The second kappa shape index (κ2) is 6.19. The quantitative estimate of drug-likeness (QED) is 0.870. The zero-order valence-electron chi connectivity index (χ0n) is 13.1. The molecular weight excluding hydrogens is 309 g/mol. The van der Waals surface area contributed by atoms with Crippen molar-refractivity contribution in [3.8, 4) is 5.88 Å². The lowest BCUT2D eigenvalue weighted by molar-refractivity contribution is 0.0344. The van der Waals surface area contributed by atoms with E-state index in [9.17, 15) is 9.18 Å². The molecule has 2 aromatic heterocycles. The van der Waals surface area contributed by atoms with Crippen LogP contribution in [-0.2, 0) is 0 Å². The lowest BCUT2D eigenvalue weighted by Gasteiger charge is -2.38. The van der Waals surface area contributed by atoms with Crippen LogP contribution in [0.1, 0.15) is 36.0 Å². The van der Waals surface area contributed by atoms with Gasteiger partial charge < -0.3 is 9.64 Å². The number of piperidine rings is 1. The Bertz CT molecular complexity index is 726. The van der Waals surface area contributed by atoms with E-state index in [2.05, 4.69) is 9.97 Å². The van der Waals surface area contributed by atoms with Gasteiger partial charge in [-0.05, 0) is 25.0 Å². The van der Waals surface area contributed by atoms with E-state index in [1.807, 2.05) is 23.1 Å². The molecule has 0 radical (unpaired) electrons. The fourth-order valence-corrected chi connectivity index (χ4v) is 3.83. The van der Waals surface area contributed by atoms with Gasteiger partial charge in [0.25, 0.3) is 5.91 Å². The molecule has 1 amide bonds. The second-order valence-corrected chi connectivity index (χ2v) is 6.33. The normalized spacial score (nSPS) is 25.5. The van der Waals surface area contributed by atoms with Gasteiger partial charge in [-0.25, -0.2) is 9.37 Å². The van der Waals surface area contributed by atoms with Crippen molar-refractivity contribution in [1.82, 2.24) is 14.9 Å². The summed E-state index contributed by atoms with van der Waals surface area (Å²) in [5.74, 6) is -0.186. The fourth-order valence-electron chi connectivity index (χ4n) is 3.83. The molecule has 2 aliphatic heterocycles. The van der Waals surface area contributed by atoms with Crippen LogP contribution in [0.3, 0.4) is 0 Å². The number of ether oxygens (including phenoxy) is 1. The van der Waals surface area contributed by atoms with Crippen molar-refractivity contribution in [2.45, 2.75) is 43.9 Å². The maximum Gasteiger partial charge on any atom is 0.257 e. The molecule has 2 saturated heterocycles. The number of pyridine rings is 2. The summed E-state index contributed by atoms with van der Waals surface area (Å²) in [6.45, 7) is 0. The van der Waals surface area contributed by atoms with Crippen molar-refractivity contribution in [2.24, 2.45) is 0 Å². The van der Waals surface area contributed by atoms with Gasteiger partial charge in [0.05, 0.1) is 11.8 Å². The van der Waals surface area contributed by atoms with E-state index in [0.29, 0.717) is 5.88 Å². The standard InChI is InChI=1S/C18H18FN3O2/c19-16-11-20-8-6-15(16)18(23)22-12-4-5-13(22)10-14(9-12)24-17-3-1-2-7-21-17/h1-3,6-8,11-14H,4-5,9-10H2. The highest BCUT2D eigenvalue weighted by Gasteiger charge is 2.44. The van der Waals surface area contributed by atoms with Crippen LogP contribution < -0.4 is 4.74 Å². The summed E-state index contributed by atoms with van der Waals surface area (Å²) < 4.78 is 19.9. The van der Waals surface area contributed by atoms with E-state index in [1.54, 1.807) is 6.20 Å². The minimum absolute atomic E-state index is 0.0451. The molecule has 4 rings (SSSR count). The predicted molar refractivity (Wildman–Crippen MR) is 85.1 cm³/mol. The Morgan fingerprint density at radius 3 is 2.62 bits per heavy atom. The van der Waals surface area contributed by atoms with Gasteiger partial charge in [0, 0.05) is 43.4 Å². The van der Waals surface area contributed by atoms with Gasteiger partial charge in [0.2, 0.25) is 5.88 Å². The number of amides is 1. The molecule has 0 aliphatic carbocycles. The molecule has 4 heterocycles. The van der Waals surface area contributed by atoms with Crippen molar-refractivity contribution < 1.29 is 13.9 Å². The predicted octanol–water partition coefficient (Wildman–Crippen LogP) is 2.83. The molecule has 0 N–H and O–H groups in total. The average Bonchev–Trinajstić information content (AvgIpc) is 2.86. The number of aromatic nitrogens is 2. The van der Waals surface area contributed by atoms with Gasteiger partial charge in [0.15, 0.2) is 5.82 Å². The zero-order chi connectivity index (χ0) is 16.5. The third-order valence-electron chi connectivity index (χ3n) is 4.85. The number of carbonyl (C=O) groups excluding carboxylic acids is 1. The summed E-state index contributed by atoms with van der Waals surface area (Å²) >= 11 is 0. The number of fused-ring (bicyclic) bond motifs is 2. The van der Waals surface area contributed by atoms with E-state index >= 15 is 0 Å². The Balaban J connectivity index is 1.49. The summed E-state index contributed by atoms with van der Waals surface area (Å²) in [6, 6.07) is 7.22. The molecular formula is C18H18FN3O2. The highest BCUT2D eigenvalue weighted by molar-refractivity contribution is 5.95. The van der Waals surface area contributed by atoms with Crippen LogP contribution in [0.2, 0.25) is 0 Å². The zero-order valence-corrected chi connectivity index (χ0v) is 13.1. The number of hydrogen-bond donors (Lipinski definition) is 0. The maximum atomic E-state index is 13.9. The van der Waals surface area contributed by atoms with Crippen molar-refractivity contribution in [3.05, 3.63) is 54.2 Å². The number of rotatable bonds is 3. The largest absolute Gasteiger partial charge is 0.474 e. The van der Waals surface area contributed by atoms with Gasteiger partial charge in [0.1, 0.15) is 6.10 Å².